The summed E-state index contributed by atoms with van der Waals surface area (Å²) < 4.78 is 17.9. The highest BCUT2D eigenvalue weighted by Crippen LogP contribution is 2.20. The van der Waals surface area contributed by atoms with Crippen LogP contribution in [0, 0.1) is 0 Å². The molecule has 4 heteroatoms. The molecule has 0 saturated carbocycles. The molecule has 0 bridgehead atoms. The van der Waals surface area contributed by atoms with Gasteiger partial charge in [0.25, 0.3) is 0 Å². The van der Waals surface area contributed by atoms with Crippen LogP contribution in [0.15, 0.2) is 24.3 Å². The quantitative estimate of drug-likeness (QED) is 0.444. The van der Waals surface area contributed by atoms with Gasteiger partial charge in [-0.05, 0) is 26.0 Å². The standard InChI is InChI=1S/C9H13FN2O/c1-7(2)13-9-5-3-4-8(6-9)12(10)11/h3-7H,11H2,1-2H3. The van der Waals surface area contributed by atoms with E-state index in [1.165, 1.54) is 0 Å². The van der Waals surface area contributed by atoms with Gasteiger partial charge in [0.15, 0.2) is 0 Å². The highest BCUT2D eigenvalue weighted by atomic mass is 19.2. The lowest BCUT2D eigenvalue weighted by atomic mass is 10.3. The number of anilines is 1. The molecule has 0 unspecified atom stereocenters. The Bertz CT molecular complexity index is 276. The summed E-state index contributed by atoms with van der Waals surface area (Å²) in [4.78, 5) is 0. The maximum absolute atomic E-state index is 12.5. The zero-order valence-corrected chi connectivity index (χ0v) is 7.70. The summed E-state index contributed by atoms with van der Waals surface area (Å²) in [6.07, 6.45) is 0.0704. The van der Waals surface area contributed by atoms with Crippen LogP contribution in [0.25, 0.3) is 0 Å². The minimum atomic E-state index is 0.0627. The average Bonchev–Trinajstić information content (AvgIpc) is 2.03. The van der Waals surface area contributed by atoms with Gasteiger partial charge in [-0.1, -0.05) is 10.5 Å². The molecule has 0 aromatic heterocycles. The van der Waals surface area contributed by atoms with Gasteiger partial charge in [0.1, 0.15) is 5.75 Å². The van der Waals surface area contributed by atoms with Crippen molar-refractivity contribution in [3.8, 4) is 5.75 Å². The highest BCUT2D eigenvalue weighted by molar-refractivity contribution is 5.47. The van der Waals surface area contributed by atoms with Crippen molar-refractivity contribution in [3.63, 3.8) is 0 Å². The lowest BCUT2D eigenvalue weighted by Gasteiger charge is -2.12. The molecule has 0 radical (unpaired) electrons. The van der Waals surface area contributed by atoms with Crippen LogP contribution >= 0.6 is 0 Å². The second kappa shape index (κ2) is 4.09. The summed E-state index contributed by atoms with van der Waals surface area (Å²) in [6, 6.07) is 6.55. The fraction of sp³-hybridized carbons (Fsp3) is 0.333. The lowest BCUT2D eigenvalue weighted by Crippen LogP contribution is -2.19. The molecule has 0 aliphatic carbocycles. The number of benzene rings is 1. The van der Waals surface area contributed by atoms with Crippen LogP contribution < -0.4 is 15.8 Å². The minimum Gasteiger partial charge on any atom is -0.491 e. The summed E-state index contributed by atoms with van der Waals surface area (Å²) in [5.74, 6) is 5.54. The third-order valence-electron chi connectivity index (χ3n) is 1.44. The molecule has 13 heavy (non-hydrogen) atoms. The van der Waals surface area contributed by atoms with Crippen LogP contribution in [0.3, 0.4) is 0 Å². The number of hydrazine groups is 1. The van der Waals surface area contributed by atoms with Gasteiger partial charge in [0.05, 0.1) is 11.8 Å². The van der Waals surface area contributed by atoms with Gasteiger partial charge in [-0.15, -0.1) is 5.23 Å². The first-order valence-corrected chi connectivity index (χ1v) is 4.07. The number of halogens is 1. The molecule has 0 fully saturated rings. The van der Waals surface area contributed by atoms with Gasteiger partial charge in [-0.3, -0.25) is 0 Å². The molecule has 1 aromatic rings. The van der Waals surface area contributed by atoms with E-state index < -0.39 is 0 Å². The fourth-order valence-electron chi connectivity index (χ4n) is 0.962. The van der Waals surface area contributed by atoms with E-state index in [-0.39, 0.29) is 17.0 Å². The van der Waals surface area contributed by atoms with Crippen molar-refractivity contribution in [1.29, 1.82) is 0 Å². The number of hydrogen-bond acceptors (Lipinski definition) is 3. The number of nitrogens with zero attached hydrogens (tertiary/aromatic N) is 1. The SMILES string of the molecule is CC(C)Oc1cccc(N(N)F)c1. The molecule has 0 spiro atoms. The van der Waals surface area contributed by atoms with E-state index in [4.69, 9.17) is 10.6 Å². The molecular formula is C9H13FN2O. The van der Waals surface area contributed by atoms with Gasteiger partial charge in [-0.2, -0.15) is 0 Å². The molecule has 0 saturated heterocycles. The molecule has 2 N–H and O–H groups in total. The molecule has 0 heterocycles. The Balaban J connectivity index is 2.79. The van der Waals surface area contributed by atoms with Gasteiger partial charge in [-0.25, -0.2) is 5.84 Å². The molecule has 1 aromatic carbocycles. The molecule has 1 rings (SSSR count). The van der Waals surface area contributed by atoms with Crippen LogP contribution in [0.1, 0.15) is 13.8 Å². The predicted octanol–water partition coefficient (Wildman–Crippen LogP) is 2.04. The molecule has 0 atom stereocenters. The zero-order chi connectivity index (χ0) is 9.84. The molecule has 0 aliphatic heterocycles. The molecule has 0 aliphatic rings. The number of hydrogen-bond donors (Lipinski definition) is 1. The Morgan fingerprint density at radius 2 is 2.15 bits per heavy atom. The Hall–Kier alpha value is -1.29. The lowest BCUT2D eigenvalue weighted by molar-refractivity contribution is 0.242. The fourth-order valence-corrected chi connectivity index (χ4v) is 0.962. The van der Waals surface area contributed by atoms with E-state index in [0.717, 1.165) is 0 Å². The maximum Gasteiger partial charge on any atom is 0.121 e. The van der Waals surface area contributed by atoms with Crippen LogP contribution in [0.2, 0.25) is 0 Å². The first-order chi connectivity index (χ1) is 6.09. The predicted molar refractivity (Wildman–Crippen MR) is 50.0 cm³/mol. The normalized spacial score (nSPS) is 10.2. The number of rotatable bonds is 3. The number of ether oxygens (including phenoxy) is 1. The summed E-state index contributed by atoms with van der Waals surface area (Å²) in [7, 11) is 0. The van der Waals surface area contributed by atoms with Crippen molar-refractivity contribution in [1.82, 2.24) is 0 Å². The molecule has 3 nitrogen and oxygen atoms in total. The zero-order valence-electron chi connectivity index (χ0n) is 7.70. The van der Waals surface area contributed by atoms with E-state index in [2.05, 4.69) is 0 Å². The summed E-state index contributed by atoms with van der Waals surface area (Å²) in [6.45, 7) is 3.81. The Morgan fingerprint density at radius 1 is 1.46 bits per heavy atom. The maximum atomic E-state index is 12.5. The van der Waals surface area contributed by atoms with Gasteiger partial charge in [0, 0.05) is 6.07 Å². The van der Waals surface area contributed by atoms with Crippen LogP contribution in [-0.4, -0.2) is 6.10 Å². The highest BCUT2D eigenvalue weighted by Gasteiger charge is 2.02. The van der Waals surface area contributed by atoms with Crippen molar-refractivity contribution in [2.75, 3.05) is 5.23 Å². The van der Waals surface area contributed by atoms with Gasteiger partial charge in [0.2, 0.25) is 0 Å². The largest absolute Gasteiger partial charge is 0.491 e. The number of nitrogens with two attached hydrogens (primary N) is 1. The summed E-state index contributed by atoms with van der Waals surface area (Å²) in [5.41, 5.74) is 0.276. The Kier molecular flexibility index (Phi) is 3.08. The topological polar surface area (TPSA) is 38.5 Å². The summed E-state index contributed by atoms with van der Waals surface area (Å²) in [5, 5.41) is 0.0627. The summed E-state index contributed by atoms with van der Waals surface area (Å²) >= 11 is 0. The van der Waals surface area contributed by atoms with Crippen LogP contribution in [0.5, 0.6) is 5.75 Å². The van der Waals surface area contributed by atoms with Crippen molar-refractivity contribution in [2.24, 2.45) is 5.84 Å². The van der Waals surface area contributed by atoms with Crippen LogP contribution in [0.4, 0.5) is 10.2 Å². The van der Waals surface area contributed by atoms with Crippen molar-refractivity contribution >= 4 is 5.69 Å². The van der Waals surface area contributed by atoms with E-state index >= 15 is 0 Å². The van der Waals surface area contributed by atoms with E-state index in [0.29, 0.717) is 5.75 Å². The minimum absolute atomic E-state index is 0.0627. The first kappa shape index (κ1) is 9.80. The smallest absolute Gasteiger partial charge is 0.121 e. The average molecular weight is 184 g/mol. The van der Waals surface area contributed by atoms with Crippen molar-refractivity contribution in [2.45, 2.75) is 20.0 Å². The third kappa shape index (κ3) is 2.91. The van der Waals surface area contributed by atoms with Gasteiger partial charge >= 0.3 is 0 Å². The second-order valence-electron chi connectivity index (χ2n) is 2.98. The molecule has 0 amide bonds. The molecular weight excluding hydrogens is 171 g/mol. The third-order valence-corrected chi connectivity index (χ3v) is 1.44. The first-order valence-electron chi connectivity index (χ1n) is 4.07. The van der Waals surface area contributed by atoms with E-state index in [1.54, 1.807) is 24.3 Å². The molecule has 72 valence electrons. The second-order valence-corrected chi connectivity index (χ2v) is 2.98. The van der Waals surface area contributed by atoms with Crippen molar-refractivity contribution in [3.05, 3.63) is 24.3 Å². The van der Waals surface area contributed by atoms with E-state index in [9.17, 15) is 4.48 Å². The van der Waals surface area contributed by atoms with Crippen molar-refractivity contribution < 1.29 is 9.22 Å². The Labute approximate surface area is 76.8 Å². The monoisotopic (exact) mass is 184 g/mol. The Morgan fingerprint density at radius 3 is 2.69 bits per heavy atom. The van der Waals surface area contributed by atoms with Gasteiger partial charge < -0.3 is 4.74 Å². The van der Waals surface area contributed by atoms with E-state index in [1.807, 2.05) is 13.8 Å². The van der Waals surface area contributed by atoms with Crippen LogP contribution in [-0.2, 0) is 0 Å².